The maximum Gasteiger partial charge on any atom is 0.328 e. The molecule has 0 aromatic carbocycles. The zero-order valence-electron chi connectivity index (χ0n) is 22.4. The first-order valence-electron chi connectivity index (χ1n) is 12.9. The molecule has 0 radical (unpaired) electrons. The highest BCUT2D eigenvalue weighted by Gasteiger charge is 2.20. The van der Waals surface area contributed by atoms with Gasteiger partial charge in [-0.25, -0.2) is 14.6 Å². The van der Waals surface area contributed by atoms with Crippen molar-refractivity contribution in [2.45, 2.75) is 32.0 Å². The Labute approximate surface area is 234 Å². The molecule has 0 amide bonds. The van der Waals surface area contributed by atoms with E-state index < -0.39 is 11.9 Å². The van der Waals surface area contributed by atoms with Crippen molar-refractivity contribution < 1.29 is 34.0 Å². The summed E-state index contributed by atoms with van der Waals surface area (Å²) in [7, 11) is 1.54. The molecule has 1 saturated heterocycles. The van der Waals surface area contributed by atoms with E-state index in [1.165, 1.54) is 0 Å². The number of methoxy groups -OCH3 is 1. The summed E-state index contributed by atoms with van der Waals surface area (Å²) in [6.07, 6.45) is 4.72. The van der Waals surface area contributed by atoms with Crippen LogP contribution >= 0.6 is 0 Å². The molecule has 5 rings (SSSR count). The fourth-order valence-electron chi connectivity index (χ4n) is 4.32. The van der Waals surface area contributed by atoms with Crippen molar-refractivity contribution in [3.05, 3.63) is 52.6 Å². The summed E-state index contributed by atoms with van der Waals surface area (Å²) in [5.41, 5.74) is 2.00. The molecule has 5 heterocycles. The zero-order chi connectivity index (χ0) is 29.2. The number of carboxylic acid groups (broad SMARTS) is 2. The summed E-state index contributed by atoms with van der Waals surface area (Å²) in [4.78, 5) is 42.7. The average Bonchev–Trinajstić information content (AvgIpc) is 2.99. The second-order valence-electron chi connectivity index (χ2n) is 9.15. The minimum absolute atomic E-state index is 0.0813. The highest BCUT2D eigenvalue weighted by molar-refractivity contribution is 5.89. The van der Waals surface area contributed by atoms with E-state index in [1.807, 2.05) is 6.07 Å². The van der Waals surface area contributed by atoms with Crippen LogP contribution in [0.3, 0.4) is 0 Å². The number of aromatic nitrogens is 5. The largest absolute Gasteiger partial charge is 0.484 e. The van der Waals surface area contributed by atoms with Crippen LogP contribution in [0, 0.1) is 0 Å². The molecule has 0 atom stereocenters. The topological polar surface area (TPSA) is 191 Å². The molecule has 0 unspecified atom stereocenters. The van der Waals surface area contributed by atoms with Gasteiger partial charge in [-0.2, -0.15) is 10.1 Å². The molecule has 15 nitrogen and oxygen atoms in total. The van der Waals surface area contributed by atoms with Gasteiger partial charge in [0.25, 0.3) is 11.4 Å². The Balaban J connectivity index is 0.000000426. The van der Waals surface area contributed by atoms with Crippen LogP contribution in [-0.4, -0.2) is 97.8 Å². The molecule has 2 aliphatic rings. The highest BCUT2D eigenvalue weighted by Crippen LogP contribution is 2.26. The number of hydrogen-bond donors (Lipinski definition) is 3. The molecule has 0 bridgehead atoms. The van der Waals surface area contributed by atoms with Crippen molar-refractivity contribution in [2.24, 2.45) is 0 Å². The number of pyridine rings is 1. The smallest absolute Gasteiger partial charge is 0.328 e. The van der Waals surface area contributed by atoms with Gasteiger partial charge in [-0.3, -0.25) is 9.36 Å². The first-order chi connectivity index (χ1) is 19.8. The minimum atomic E-state index is -1.26. The van der Waals surface area contributed by atoms with E-state index >= 15 is 0 Å². The lowest BCUT2D eigenvalue weighted by molar-refractivity contribution is -0.134. The maximum atomic E-state index is 12.5. The van der Waals surface area contributed by atoms with Crippen LogP contribution in [0.1, 0.15) is 18.5 Å². The second kappa shape index (κ2) is 14.1. The van der Waals surface area contributed by atoms with Crippen LogP contribution < -0.4 is 25.1 Å². The number of nitrogens with one attached hydrogen (secondary N) is 1. The molecule has 3 N–H and O–H groups in total. The van der Waals surface area contributed by atoms with E-state index in [4.69, 9.17) is 24.4 Å². The van der Waals surface area contributed by atoms with E-state index in [-0.39, 0.29) is 5.56 Å². The number of rotatable bonds is 9. The van der Waals surface area contributed by atoms with E-state index in [2.05, 4.69) is 30.4 Å². The molecule has 3 aromatic heterocycles. The molecule has 2 aliphatic heterocycles. The van der Waals surface area contributed by atoms with E-state index in [0.717, 1.165) is 38.2 Å². The number of piperidine rings is 1. The SMILES string of the molecule is COc1cnc2ccc(=O)n(CCN3CCC(NCc4cc5c(nn4)OCCO5)CC3)c2n1.O=C(O)/C=C/C(=O)O. The van der Waals surface area contributed by atoms with Gasteiger partial charge in [0.2, 0.25) is 5.88 Å². The number of fused-ring (bicyclic) bond motifs is 2. The monoisotopic (exact) mass is 569 g/mol. The van der Waals surface area contributed by atoms with E-state index in [1.54, 1.807) is 30.0 Å². The molecule has 0 saturated carbocycles. The Morgan fingerprint density at radius 2 is 1.83 bits per heavy atom. The number of aliphatic carboxylic acids is 2. The highest BCUT2D eigenvalue weighted by atomic mass is 16.6. The van der Waals surface area contributed by atoms with Crippen molar-refractivity contribution in [3.8, 4) is 17.5 Å². The average molecular weight is 570 g/mol. The summed E-state index contributed by atoms with van der Waals surface area (Å²) in [6, 6.07) is 5.54. The van der Waals surface area contributed by atoms with Crippen LogP contribution in [0.5, 0.6) is 17.5 Å². The summed E-state index contributed by atoms with van der Waals surface area (Å²) >= 11 is 0. The molecule has 41 heavy (non-hydrogen) atoms. The van der Waals surface area contributed by atoms with Gasteiger partial charge in [-0.05, 0) is 32.0 Å². The number of carboxylic acids is 2. The molecular weight excluding hydrogens is 538 g/mol. The van der Waals surface area contributed by atoms with Gasteiger partial charge in [0.1, 0.15) is 18.7 Å². The Morgan fingerprint density at radius 3 is 2.54 bits per heavy atom. The van der Waals surface area contributed by atoms with Crippen molar-refractivity contribution in [1.82, 2.24) is 34.9 Å². The normalized spacial score (nSPS) is 15.3. The predicted octanol–water partition coefficient (Wildman–Crippen LogP) is 0.327. The number of carbonyl (C=O) groups is 2. The third kappa shape index (κ3) is 8.43. The molecule has 218 valence electrons. The van der Waals surface area contributed by atoms with Crippen LogP contribution in [0.2, 0.25) is 0 Å². The van der Waals surface area contributed by atoms with Crippen molar-refractivity contribution in [2.75, 3.05) is 40.0 Å². The molecule has 0 aliphatic carbocycles. The van der Waals surface area contributed by atoms with Gasteiger partial charge >= 0.3 is 11.9 Å². The molecule has 3 aromatic rings. The van der Waals surface area contributed by atoms with E-state index in [0.29, 0.717) is 73.2 Å². The van der Waals surface area contributed by atoms with Gasteiger partial charge < -0.3 is 34.6 Å². The Kier molecular flexibility index (Phi) is 10.1. The minimum Gasteiger partial charge on any atom is -0.484 e. The fourth-order valence-corrected chi connectivity index (χ4v) is 4.32. The third-order valence-electron chi connectivity index (χ3n) is 6.40. The maximum absolute atomic E-state index is 12.5. The lowest BCUT2D eigenvalue weighted by Crippen LogP contribution is -2.43. The van der Waals surface area contributed by atoms with Crippen LogP contribution in [-0.2, 0) is 22.7 Å². The van der Waals surface area contributed by atoms with Gasteiger partial charge in [0.05, 0.1) is 19.0 Å². The molecular formula is C26H31N7O8. The summed E-state index contributed by atoms with van der Waals surface area (Å²) in [5.74, 6) is -0.988. The van der Waals surface area contributed by atoms with E-state index in [9.17, 15) is 14.4 Å². The number of hydrogen-bond acceptors (Lipinski definition) is 12. The lowest BCUT2D eigenvalue weighted by atomic mass is 10.0. The van der Waals surface area contributed by atoms with Gasteiger partial charge in [0, 0.05) is 50.0 Å². The quantitative estimate of drug-likeness (QED) is 0.299. The second-order valence-corrected chi connectivity index (χ2v) is 9.15. The van der Waals surface area contributed by atoms with Gasteiger partial charge in [-0.1, -0.05) is 0 Å². The van der Waals surface area contributed by atoms with Crippen molar-refractivity contribution >= 4 is 23.1 Å². The Morgan fingerprint density at radius 1 is 1.10 bits per heavy atom. The van der Waals surface area contributed by atoms with Crippen LogP contribution in [0.15, 0.2) is 41.3 Å². The Bertz CT molecular complexity index is 1440. The number of nitrogens with zero attached hydrogens (tertiary/aromatic N) is 6. The zero-order valence-corrected chi connectivity index (χ0v) is 22.4. The molecule has 0 spiro atoms. The number of likely N-dealkylation sites (tertiary alicyclic amines) is 1. The van der Waals surface area contributed by atoms with Crippen molar-refractivity contribution in [3.63, 3.8) is 0 Å². The predicted molar refractivity (Wildman–Crippen MR) is 144 cm³/mol. The first-order valence-corrected chi connectivity index (χ1v) is 12.9. The Hall–Kier alpha value is -4.63. The first kappa shape index (κ1) is 29.4. The fraction of sp³-hybridized carbons (Fsp3) is 0.423. The molecule has 15 heteroatoms. The van der Waals surface area contributed by atoms with Crippen LogP contribution in [0.25, 0.3) is 11.2 Å². The standard InChI is InChI=1S/C22H27N7O4.C4H4O4/c1-31-19-14-24-17-2-3-20(30)29(21(17)25-19)9-8-28-6-4-15(5-7-28)23-13-16-12-18-22(27-26-16)33-11-10-32-18;5-3(6)1-2-4(7)8/h2-3,12,14-15,23H,4-11,13H2,1H3;1-2H,(H,5,6)(H,7,8)/b;2-1+. The molecule has 1 fully saturated rings. The summed E-state index contributed by atoms with van der Waals surface area (Å²) in [5, 5.41) is 27.5. The number of ether oxygens (including phenoxy) is 3. The van der Waals surface area contributed by atoms with Crippen molar-refractivity contribution in [1.29, 1.82) is 0 Å². The van der Waals surface area contributed by atoms with Gasteiger partial charge in [-0.15, -0.1) is 5.10 Å². The lowest BCUT2D eigenvalue weighted by Gasteiger charge is -2.32. The van der Waals surface area contributed by atoms with Gasteiger partial charge in [0.15, 0.2) is 11.4 Å². The third-order valence-corrected chi connectivity index (χ3v) is 6.40. The van der Waals surface area contributed by atoms with Crippen LogP contribution in [0.4, 0.5) is 0 Å². The summed E-state index contributed by atoms with van der Waals surface area (Å²) in [6.45, 7) is 4.93. The summed E-state index contributed by atoms with van der Waals surface area (Å²) < 4.78 is 17.9.